The quantitative estimate of drug-likeness (QED) is 0.372. The minimum Gasteiger partial charge on any atom is -0.368 e. The van der Waals surface area contributed by atoms with Gasteiger partial charge in [0.05, 0.1) is 11.4 Å². The highest BCUT2D eigenvalue weighted by molar-refractivity contribution is 5.97. The van der Waals surface area contributed by atoms with Gasteiger partial charge >= 0.3 is 0 Å². The summed E-state index contributed by atoms with van der Waals surface area (Å²) in [5.41, 5.74) is 11.6. The van der Waals surface area contributed by atoms with Gasteiger partial charge < -0.3 is 15.5 Å². The highest BCUT2D eigenvalue weighted by atomic mass is 19.1. The van der Waals surface area contributed by atoms with E-state index in [4.69, 9.17) is 0 Å². The molecule has 2 aliphatic heterocycles. The van der Waals surface area contributed by atoms with Crippen molar-refractivity contribution in [2.45, 2.75) is 40.7 Å². The van der Waals surface area contributed by atoms with Gasteiger partial charge in [0.15, 0.2) is 0 Å². The smallest absolute Gasteiger partial charge is 0.147 e. The number of benzene rings is 3. The van der Waals surface area contributed by atoms with Crippen LogP contribution in [-0.2, 0) is 6.54 Å². The van der Waals surface area contributed by atoms with Crippen molar-refractivity contribution in [1.29, 1.82) is 0 Å². The van der Waals surface area contributed by atoms with Gasteiger partial charge in [-0.15, -0.1) is 0 Å². The third kappa shape index (κ3) is 5.61. The van der Waals surface area contributed by atoms with E-state index in [1.54, 1.807) is 12.1 Å². The van der Waals surface area contributed by atoms with Gasteiger partial charge in [0.25, 0.3) is 0 Å². The second-order valence-corrected chi connectivity index (χ2v) is 9.67. The van der Waals surface area contributed by atoms with E-state index >= 15 is 4.39 Å². The molecule has 200 valence electrons. The van der Waals surface area contributed by atoms with Crippen LogP contribution in [0.5, 0.6) is 0 Å². The molecule has 0 saturated carbocycles. The summed E-state index contributed by atoms with van der Waals surface area (Å²) in [6, 6.07) is 16.6. The third-order valence-corrected chi connectivity index (χ3v) is 7.06. The highest BCUT2D eigenvalue weighted by Crippen LogP contribution is 2.46. The number of rotatable bonds is 5. The lowest BCUT2D eigenvalue weighted by atomic mass is 9.88. The number of allylic oxidation sites excluding steroid dienone is 3. The summed E-state index contributed by atoms with van der Waals surface area (Å²) >= 11 is 0. The SMILES string of the molecule is C=Cc1c2c(cc(F)c1N1CCC(C)C1)C(=C)C(C(=C)C)=CN2Cc1ccc2ccccc2c1.CC.CN. The maximum atomic E-state index is 15.6. The summed E-state index contributed by atoms with van der Waals surface area (Å²) in [5.74, 6) is 0.337. The Labute approximate surface area is 228 Å². The minimum absolute atomic E-state index is 0.211. The topological polar surface area (TPSA) is 32.5 Å². The Hall–Kier alpha value is -3.63. The molecule has 2 heterocycles. The predicted molar refractivity (Wildman–Crippen MR) is 166 cm³/mol. The first-order valence-corrected chi connectivity index (χ1v) is 13.5. The van der Waals surface area contributed by atoms with Crippen molar-refractivity contribution in [2.24, 2.45) is 11.7 Å². The Bertz CT molecular complexity index is 1370. The lowest BCUT2D eigenvalue weighted by molar-refractivity contribution is 0.618. The number of anilines is 2. The lowest BCUT2D eigenvalue weighted by Gasteiger charge is -2.35. The second-order valence-electron chi connectivity index (χ2n) is 9.67. The fraction of sp³-hybridized carbons (Fsp3) is 0.294. The maximum absolute atomic E-state index is 15.6. The van der Waals surface area contributed by atoms with E-state index in [-0.39, 0.29) is 5.82 Å². The third-order valence-electron chi connectivity index (χ3n) is 7.06. The molecule has 1 unspecified atom stereocenters. The van der Waals surface area contributed by atoms with Crippen molar-refractivity contribution < 1.29 is 4.39 Å². The molecule has 2 N–H and O–H groups in total. The van der Waals surface area contributed by atoms with Crippen LogP contribution in [-0.4, -0.2) is 20.1 Å². The number of fused-ring (bicyclic) bond motifs is 2. The molecule has 5 rings (SSSR count). The van der Waals surface area contributed by atoms with E-state index in [2.05, 4.69) is 90.9 Å². The Morgan fingerprint density at radius 1 is 1.08 bits per heavy atom. The molecular formula is C34H42FN3. The number of nitrogens with two attached hydrogens (primary N) is 1. The van der Waals surface area contributed by atoms with Crippen LogP contribution in [0.15, 0.2) is 85.6 Å². The van der Waals surface area contributed by atoms with Gasteiger partial charge in [-0.05, 0) is 65.9 Å². The van der Waals surface area contributed by atoms with Gasteiger partial charge in [0, 0.05) is 42.5 Å². The van der Waals surface area contributed by atoms with Gasteiger partial charge in [-0.3, -0.25) is 0 Å². The van der Waals surface area contributed by atoms with E-state index in [1.165, 1.54) is 23.4 Å². The molecule has 0 aliphatic carbocycles. The molecule has 0 spiro atoms. The Kier molecular flexibility index (Phi) is 9.71. The van der Waals surface area contributed by atoms with Gasteiger partial charge in [0.2, 0.25) is 0 Å². The summed E-state index contributed by atoms with van der Waals surface area (Å²) in [5, 5.41) is 2.43. The molecule has 0 radical (unpaired) electrons. The molecule has 38 heavy (non-hydrogen) atoms. The highest BCUT2D eigenvalue weighted by Gasteiger charge is 2.31. The lowest BCUT2D eigenvalue weighted by Crippen LogP contribution is -2.26. The van der Waals surface area contributed by atoms with Gasteiger partial charge in [-0.2, -0.15) is 0 Å². The molecule has 1 fully saturated rings. The zero-order valence-electron chi connectivity index (χ0n) is 23.7. The molecule has 0 amide bonds. The van der Waals surface area contributed by atoms with Gasteiger partial charge in [0.1, 0.15) is 5.82 Å². The maximum Gasteiger partial charge on any atom is 0.147 e. The molecule has 3 aromatic rings. The van der Waals surface area contributed by atoms with Crippen LogP contribution in [0.25, 0.3) is 22.4 Å². The number of hydrogen-bond donors (Lipinski definition) is 1. The summed E-state index contributed by atoms with van der Waals surface area (Å²) in [6.07, 6.45) is 4.99. The van der Waals surface area contributed by atoms with Crippen molar-refractivity contribution in [3.8, 4) is 0 Å². The van der Waals surface area contributed by atoms with Crippen molar-refractivity contribution in [1.82, 2.24) is 0 Å². The summed E-state index contributed by atoms with van der Waals surface area (Å²) in [4.78, 5) is 4.39. The first-order chi connectivity index (χ1) is 18.4. The Morgan fingerprint density at radius 3 is 2.37 bits per heavy atom. The van der Waals surface area contributed by atoms with Crippen LogP contribution in [0.3, 0.4) is 0 Å². The van der Waals surface area contributed by atoms with E-state index in [0.29, 0.717) is 18.2 Å². The van der Waals surface area contributed by atoms with Gasteiger partial charge in [-0.1, -0.05) is 83.0 Å². The van der Waals surface area contributed by atoms with Crippen molar-refractivity contribution in [3.63, 3.8) is 0 Å². The second kappa shape index (κ2) is 12.7. The summed E-state index contributed by atoms with van der Waals surface area (Å²) < 4.78 is 15.6. The molecule has 1 atom stereocenters. The van der Waals surface area contributed by atoms with Crippen LogP contribution in [0.2, 0.25) is 0 Å². The molecule has 0 aromatic heterocycles. The van der Waals surface area contributed by atoms with Crippen LogP contribution >= 0.6 is 0 Å². The van der Waals surface area contributed by atoms with E-state index in [0.717, 1.165) is 53.0 Å². The fourth-order valence-electron chi connectivity index (χ4n) is 5.31. The fourth-order valence-corrected chi connectivity index (χ4v) is 5.31. The molecule has 2 aliphatic rings. The average molecular weight is 512 g/mol. The van der Waals surface area contributed by atoms with Gasteiger partial charge in [-0.25, -0.2) is 4.39 Å². The zero-order chi connectivity index (χ0) is 28.0. The normalized spacial score (nSPS) is 16.1. The largest absolute Gasteiger partial charge is 0.368 e. The standard InChI is InChI=1S/C31H31FN2.C2H6.CH5N/c1-6-26-30-27(16-29(32)31(26)33-14-13-21(4)17-33)22(5)28(20(2)3)19-34(30)18-23-11-12-24-9-7-8-10-25(24)15-23;2*1-2/h6-12,15-16,19,21H,1-2,5,13-14,17-18H2,3-4H3;1-2H3;2H2,1H3. The molecule has 4 heteroatoms. The zero-order valence-corrected chi connectivity index (χ0v) is 23.7. The van der Waals surface area contributed by atoms with Crippen LogP contribution in [0.4, 0.5) is 15.8 Å². The van der Waals surface area contributed by atoms with Crippen LogP contribution in [0, 0.1) is 11.7 Å². The average Bonchev–Trinajstić information content (AvgIpc) is 3.37. The van der Waals surface area contributed by atoms with Crippen molar-refractivity contribution in [3.05, 3.63) is 108 Å². The molecule has 3 nitrogen and oxygen atoms in total. The molecule has 3 aromatic carbocycles. The van der Waals surface area contributed by atoms with E-state index in [9.17, 15) is 0 Å². The van der Waals surface area contributed by atoms with Crippen LogP contribution < -0.4 is 15.5 Å². The number of halogens is 1. The molecular weight excluding hydrogens is 469 g/mol. The molecule has 0 bridgehead atoms. The first kappa shape index (κ1) is 28.9. The Balaban J connectivity index is 0.000000956. The van der Waals surface area contributed by atoms with Crippen LogP contribution in [0.1, 0.15) is 50.8 Å². The van der Waals surface area contributed by atoms with E-state index in [1.807, 2.05) is 20.8 Å². The van der Waals surface area contributed by atoms with E-state index < -0.39 is 0 Å². The first-order valence-electron chi connectivity index (χ1n) is 13.5. The Morgan fingerprint density at radius 2 is 1.76 bits per heavy atom. The summed E-state index contributed by atoms with van der Waals surface area (Å²) in [6.45, 7) is 23.2. The number of hydrogen-bond acceptors (Lipinski definition) is 3. The summed E-state index contributed by atoms with van der Waals surface area (Å²) in [7, 11) is 1.50. The van der Waals surface area contributed by atoms with Crippen molar-refractivity contribution >= 4 is 33.8 Å². The molecule has 1 saturated heterocycles. The van der Waals surface area contributed by atoms with Crippen molar-refractivity contribution in [2.75, 3.05) is 29.9 Å². The monoisotopic (exact) mass is 511 g/mol. The number of nitrogens with zero attached hydrogens (tertiary/aromatic N) is 2. The minimum atomic E-state index is -0.211. The predicted octanol–water partition coefficient (Wildman–Crippen LogP) is 8.56.